The lowest BCUT2D eigenvalue weighted by atomic mass is 9.69. The molecule has 2 heterocycles. The zero-order valence-corrected chi connectivity index (χ0v) is 22.4. The maximum atomic E-state index is 13.6. The lowest BCUT2D eigenvalue weighted by Crippen LogP contribution is -2.59. The molecule has 7 heteroatoms. The lowest BCUT2D eigenvalue weighted by Gasteiger charge is -2.53. The summed E-state index contributed by atoms with van der Waals surface area (Å²) >= 11 is 0. The second-order valence-corrected chi connectivity index (χ2v) is 13.5. The van der Waals surface area contributed by atoms with Crippen LogP contribution in [-0.4, -0.2) is 55.2 Å². The van der Waals surface area contributed by atoms with Gasteiger partial charge in [-0.3, -0.25) is 9.69 Å². The monoisotopic (exact) mass is 509 g/mol. The predicted octanol–water partition coefficient (Wildman–Crippen LogP) is 4.85. The molecule has 194 valence electrons. The van der Waals surface area contributed by atoms with E-state index in [1.165, 1.54) is 24.0 Å². The number of aryl methyl sites for hydroxylation is 1. The van der Waals surface area contributed by atoms with Crippen LogP contribution in [-0.2, 0) is 27.7 Å². The van der Waals surface area contributed by atoms with Crippen molar-refractivity contribution in [1.29, 1.82) is 0 Å². The van der Waals surface area contributed by atoms with Gasteiger partial charge in [-0.1, -0.05) is 30.3 Å². The zero-order valence-electron chi connectivity index (χ0n) is 21.6. The molecule has 5 rings (SSSR count). The highest BCUT2D eigenvalue weighted by Crippen LogP contribution is 2.46. The fourth-order valence-electron chi connectivity index (χ4n) is 6.31. The third kappa shape index (κ3) is 5.11. The summed E-state index contributed by atoms with van der Waals surface area (Å²) in [6.07, 6.45) is 8.24. The quantitative estimate of drug-likeness (QED) is 0.626. The van der Waals surface area contributed by atoms with E-state index >= 15 is 0 Å². The first-order chi connectivity index (χ1) is 17.2. The number of benzene rings is 2. The highest BCUT2D eigenvalue weighted by atomic mass is 32.2. The molecule has 1 N–H and O–H groups in total. The fraction of sp³-hybridized carbons (Fsp3) is 0.552. The van der Waals surface area contributed by atoms with E-state index in [1.54, 1.807) is 28.6 Å². The standard InChI is InChI=1S/C29H39N3O3S/c1-28(2)15-16-29(22-32(28)36(34,35)24-11-4-3-5-12-24)17-19-31(20-18-29)21-27(33)30-26-14-8-10-23-9-6-7-13-25(23)26/h3-5,8,10-12,14H,6-7,9,13,15-22H2,1-2H3,(H,30,33). The molecule has 1 amide bonds. The third-order valence-corrected chi connectivity index (χ3v) is 10.8. The summed E-state index contributed by atoms with van der Waals surface area (Å²) in [6.45, 7) is 6.66. The van der Waals surface area contributed by atoms with Crippen LogP contribution < -0.4 is 5.32 Å². The normalized spacial score (nSPS) is 22.2. The SMILES string of the molecule is CC1(C)CCC2(CCN(CC(=O)Nc3cccc4c3CCCC4)CC2)CN1S(=O)(=O)c1ccccc1. The van der Waals surface area contributed by atoms with E-state index < -0.39 is 15.6 Å². The van der Waals surface area contributed by atoms with Gasteiger partial charge in [0.05, 0.1) is 11.4 Å². The molecule has 0 aromatic heterocycles. The first-order valence-corrected chi connectivity index (χ1v) is 14.8. The van der Waals surface area contributed by atoms with Crippen LogP contribution in [0.25, 0.3) is 0 Å². The van der Waals surface area contributed by atoms with E-state index in [1.807, 2.05) is 32.0 Å². The summed E-state index contributed by atoms with van der Waals surface area (Å²) in [5.41, 5.74) is 3.21. The van der Waals surface area contributed by atoms with Crippen LogP contribution >= 0.6 is 0 Å². The molecule has 1 aliphatic carbocycles. The Morgan fingerprint density at radius 1 is 0.917 bits per heavy atom. The number of nitrogens with one attached hydrogen (secondary N) is 1. The number of fused-ring (bicyclic) bond motifs is 1. The minimum atomic E-state index is -3.56. The average Bonchev–Trinajstić information content (AvgIpc) is 2.88. The van der Waals surface area contributed by atoms with Gasteiger partial charge in [0, 0.05) is 17.8 Å². The Morgan fingerprint density at radius 2 is 1.64 bits per heavy atom. The third-order valence-electron chi connectivity index (χ3n) is 8.71. The molecule has 2 saturated heterocycles. The summed E-state index contributed by atoms with van der Waals surface area (Å²) in [7, 11) is -3.56. The molecule has 0 atom stereocenters. The number of sulfonamides is 1. The number of piperidine rings is 2. The van der Waals surface area contributed by atoms with Crippen LogP contribution in [0.4, 0.5) is 5.69 Å². The highest BCUT2D eigenvalue weighted by Gasteiger charge is 2.49. The van der Waals surface area contributed by atoms with Crippen molar-refractivity contribution >= 4 is 21.6 Å². The van der Waals surface area contributed by atoms with E-state index in [-0.39, 0.29) is 11.3 Å². The second kappa shape index (κ2) is 9.92. The van der Waals surface area contributed by atoms with Gasteiger partial charge in [0.1, 0.15) is 0 Å². The van der Waals surface area contributed by atoms with Crippen molar-refractivity contribution in [3.05, 3.63) is 59.7 Å². The molecule has 0 bridgehead atoms. The van der Waals surface area contributed by atoms with Gasteiger partial charge in [0.25, 0.3) is 0 Å². The van der Waals surface area contributed by atoms with Gasteiger partial charge in [0.2, 0.25) is 15.9 Å². The Morgan fingerprint density at radius 3 is 2.39 bits per heavy atom. The number of rotatable bonds is 5. The average molecular weight is 510 g/mol. The van der Waals surface area contributed by atoms with Gasteiger partial charge in [-0.15, -0.1) is 0 Å². The van der Waals surface area contributed by atoms with E-state index in [9.17, 15) is 13.2 Å². The number of anilines is 1. The minimum absolute atomic E-state index is 0.0250. The molecular formula is C29H39N3O3S. The van der Waals surface area contributed by atoms with Gasteiger partial charge in [-0.25, -0.2) is 8.42 Å². The number of carbonyl (C=O) groups is 1. The first-order valence-electron chi connectivity index (χ1n) is 13.4. The maximum absolute atomic E-state index is 13.6. The van der Waals surface area contributed by atoms with Crippen LogP contribution in [0.2, 0.25) is 0 Å². The molecule has 0 saturated carbocycles. The largest absolute Gasteiger partial charge is 0.325 e. The van der Waals surface area contributed by atoms with Crippen molar-refractivity contribution in [3.8, 4) is 0 Å². The Balaban J connectivity index is 1.22. The number of likely N-dealkylation sites (tertiary alicyclic amines) is 1. The molecule has 2 aromatic carbocycles. The lowest BCUT2D eigenvalue weighted by molar-refractivity contribution is -0.118. The van der Waals surface area contributed by atoms with Crippen molar-refractivity contribution in [2.45, 2.75) is 75.6 Å². The minimum Gasteiger partial charge on any atom is -0.325 e. The van der Waals surface area contributed by atoms with Crippen LogP contribution in [0.3, 0.4) is 0 Å². The fourth-order valence-corrected chi connectivity index (χ4v) is 8.25. The van der Waals surface area contributed by atoms with E-state index in [4.69, 9.17) is 0 Å². The maximum Gasteiger partial charge on any atom is 0.243 e. The molecule has 1 spiro atoms. The molecule has 2 aliphatic heterocycles. The number of nitrogens with zero attached hydrogens (tertiary/aromatic N) is 2. The molecule has 0 radical (unpaired) electrons. The summed E-state index contributed by atoms with van der Waals surface area (Å²) in [5.74, 6) is 0.0444. The summed E-state index contributed by atoms with van der Waals surface area (Å²) in [6, 6.07) is 15.1. The van der Waals surface area contributed by atoms with Crippen molar-refractivity contribution in [2.75, 3.05) is 31.5 Å². The summed E-state index contributed by atoms with van der Waals surface area (Å²) in [5, 5.41) is 3.18. The number of hydrogen-bond donors (Lipinski definition) is 1. The van der Waals surface area contributed by atoms with Gasteiger partial charge in [-0.2, -0.15) is 4.31 Å². The van der Waals surface area contributed by atoms with Crippen molar-refractivity contribution < 1.29 is 13.2 Å². The van der Waals surface area contributed by atoms with Gasteiger partial charge in [-0.05, 0) is 113 Å². The highest BCUT2D eigenvalue weighted by molar-refractivity contribution is 7.89. The molecule has 2 aromatic rings. The number of hydrogen-bond acceptors (Lipinski definition) is 4. The van der Waals surface area contributed by atoms with Gasteiger partial charge >= 0.3 is 0 Å². The van der Waals surface area contributed by atoms with Gasteiger partial charge < -0.3 is 5.32 Å². The molecule has 2 fully saturated rings. The van der Waals surface area contributed by atoms with Crippen LogP contribution in [0, 0.1) is 5.41 Å². The summed E-state index contributed by atoms with van der Waals surface area (Å²) in [4.78, 5) is 15.5. The predicted molar refractivity (Wildman–Crippen MR) is 143 cm³/mol. The number of amides is 1. The topological polar surface area (TPSA) is 69.7 Å². The first kappa shape index (κ1) is 25.4. The molecule has 6 nitrogen and oxygen atoms in total. The Labute approximate surface area is 216 Å². The van der Waals surface area contributed by atoms with Crippen molar-refractivity contribution in [1.82, 2.24) is 9.21 Å². The van der Waals surface area contributed by atoms with E-state index in [0.717, 1.165) is 57.3 Å². The Kier molecular flexibility index (Phi) is 7.01. The van der Waals surface area contributed by atoms with Gasteiger partial charge in [0.15, 0.2) is 0 Å². The number of carbonyl (C=O) groups excluding carboxylic acids is 1. The Bertz CT molecular complexity index is 1200. The summed E-state index contributed by atoms with van der Waals surface area (Å²) < 4.78 is 28.9. The van der Waals surface area contributed by atoms with Crippen molar-refractivity contribution in [3.63, 3.8) is 0 Å². The van der Waals surface area contributed by atoms with Crippen LogP contribution in [0.15, 0.2) is 53.4 Å². The second-order valence-electron chi connectivity index (χ2n) is 11.6. The Hall–Kier alpha value is -2.22. The van der Waals surface area contributed by atoms with Crippen LogP contribution in [0.5, 0.6) is 0 Å². The molecule has 0 unspecified atom stereocenters. The molecular weight excluding hydrogens is 470 g/mol. The molecule has 3 aliphatic rings. The zero-order chi connectivity index (χ0) is 25.4. The van der Waals surface area contributed by atoms with E-state index in [0.29, 0.717) is 18.0 Å². The van der Waals surface area contributed by atoms with Crippen molar-refractivity contribution in [2.24, 2.45) is 5.41 Å². The smallest absolute Gasteiger partial charge is 0.243 e. The van der Waals surface area contributed by atoms with Crippen LogP contribution in [0.1, 0.15) is 63.5 Å². The van der Waals surface area contributed by atoms with E-state index in [2.05, 4.69) is 16.3 Å². The molecule has 36 heavy (non-hydrogen) atoms.